The average molecular weight is 552 g/mol. The summed E-state index contributed by atoms with van der Waals surface area (Å²) in [5.74, 6) is -1.03. The molecule has 11 nitrogen and oxygen atoms in total. The van der Waals surface area contributed by atoms with Crippen molar-refractivity contribution in [2.45, 2.75) is 38.6 Å². The van der Waals surface area contributed by atoms with E-state index in [4.69, 9.17) is 4.74 Å². The van der Waals surface area contributed by atoms with Gasteiger partial charge in [0.15, 0.2) is 5.78 Å². The van der Waals surface area contributed by atoms with Crippen LogP contribution in [-0.2, 0) is 16.0 Å². The fraction of sp³-hybridized carbons (Fsp3) is 0.448. The zero-order valence-corrected chi connectivity index (χ0v) is 22.9. The number of hydrogen-bond acceptors (Lipinski definition) is 6. The van der Waals surface area contributed by atoms with Crippen molar-refractivity contribution in [3.8, 4) is 5.75 Å². The van der Waals surface area contributed by atoms with Crippen molar-refractivity contribution in [2.24, 2.45) is 11.8 Å². The number of urea groups is 2. The lowest BCUT2D eigenvalue weighted by Gasteiger charge is -2.32. The molecule has 2 aromatic carbocycles. The molecule has 5 N–H and O–H groups in total. The monoisotopic (exact) mass is 551 g/mol. The molecule has 2 atom stereocenters. The predicted molar refractivity (Wildman–Crippen MR) is 151 cm³/mol. The molecule has 0 bridgehead atoms. The van der Waals surface area contributed by atoms with Gasteiger partial charge in [-0.15, -0.1) is 0 Å². The summed E-state index contributed by atoms with van der Waals surface area (Å²) in [6.07, 6.45) is 1.64. The van der Waals surface area contributed by atoms with Crippen LogP contribution in [0.25, 0.3) is 0 Å². The van der Waals surface area contributed by atoms with Crippen LogP contribution in [-0.4, -0.2) is 73.2 Å². The molecule has 2 aliphatic rings. The van der Waals surface area contributed by atoms with Crippen molar-refractivity contribution in [3.05, 3.63) is 53.6 Å². The number of aryl methyl sites for hydroxylation is 1. The van der Waals surface area contributed by atoms with E-state index in [1.165, 1.54) is 7.11 Å². The largest absolute Gasteiger partial charge is 0.495 e. The lowest BCUT2D eigenvalue weighted by molar-refractivity contribution is -0.143. The lowest BCUT2D eigenvalue weighted by Crippen LogP contribution is -2.53. The number of nitrogens with one attached hydrogen (secondary N) is 4. The summed E-state index contributed by atoms with van der Waals surface area (Å²) in [7, 11) is 1.49. The van der Waals surface area contributed by atoms with Gasteiger partial charge < -0.3 is 36.0 Å². The van der Waals surface area contributed by atoms with Gasteiger partial charge in [0.05, 0.1) is 24.8 Å². The Labute approximate surface area is 233 Å². The van der Waals surface area contributed by atoms with E-state index in [0.717, 1.165) is 18.5 Å². The molecular formula is C29H37N5O6. The highest BCUT2D eigenvalue weighted by Gasteiger charge is 2.34. The highest BCUT2D eigenvalue weighted by atomic mass is 16.5. The number of hydrogen-bond donors (Lipinski definition) is 5. The topological polar surface area (TPSA) is 149 Å². The predicted octanol–water partition coefficient (Wildman–Crippen LogP) is 3.24. The standard InChI is InChI=1S/C29H37N5O6/c1-18-5-3-4-6-22(18)31-28(38)32-23-8-7-19(16-25(23)40-2)15-24(35)26(21-9-12-30-17-21)33-29(39)34-13-10-20(11-14-34)27(36)37/h3-8,16,20-21,26,30H,9-15,17H2,1-2H3,(H,33,39)(H,36,37)(H2,31,32,38). The van der Waals surface area contributed by atoms with E-state index in [1.54, 1.807) is 23.1 Å². The number of methoxy groups -OCH3 is 1. The molecular weight excluding hydrogens is 514 g/mol. The molecule has 2 heterocycles. The fourth-order valence-corrected chi connectivity index (χ4v) is 5.23. The number of ketones is 1. The summed E-state index contributed by atoms with van der Waals surface area (Å²) in [5, 5.41) is 21.0. The van der Waals surface area contributed by atoms with Gasteiger partial charge in [-0.3, -0.25) is 9.59 Å². The molecule has 2 aliphatic heterocycles. The molecule has 0 aromatic heterocycles. The molecule has 2 unspecified atom stereocenters. The Morgan fingerprint density at radius 3 is 2.42 bits per heavy atom. The number of aliphatic carboxylic acids is 1. The Morgan fingerprint density at radius 2 is 1.77 bits per heavy atom. The second-order valence-electron chi connectivity index (χ2n) is 10.4. The summed E-state index contributed by atoms with van der Waals surface area (Å²) in [6, 6.07) is 11.2. The lowest BCUT2D eigenvalue weighted by atomic mass is 9.91. The first-order chi connectivity index (χ1) is 19.2. The van der Waals surface area contributed by atoms with Gasteiger partial charge in [0.2, 0.25) is 0 Å². The zero-order valence-electron chi connectivity index (χ0n) is 22.9. The van der Waals surface area contributed by atoms with Crippen LogP contribution in [0.15, 0.2) is 42.5 Å². The first-order valence-corrected chi connectivity index (χ1v) is 13.6. The molecule has 4 amide bonds. The van der Waals surface area contributed by atoms with Crippen LogP contribution in [0.4, 0.5) is 21.0 Å². The van der Waals surface area contributed by atoms with E-state index < -0.39 is 24.0 Å². The minimum Gasteiger partial charge on any atom is -0.495 e. The van der Waals surface area contributed by atoms with Crippen molar-refractivity contribution >= 4 is 35.2 Å². The fourth-order valence-electron chi connectivity index (χ4n) is 5.23. The van der Waals surface area contributed by atoms with Crippen molar-refractivity contribution in [1.82, 2.24) is 15.5 Å². The second-order valence-corrected chi connectivity index (χ2v) is 10.4. The van der Waals surface area contributed by atoms with E-state index in [-0.39, 0.29) is 24.2 Å². The van der Waals surface area contributed by atoms with E-state index in [1.807, 2.05) is 31.2 Å². The SMILES string of the molecule is COc1cc(CC(=O)C(NC(=O)N2CCC(C(=O)O)CC2)C2CCNC2)ccc1NC(=O)Nc1ccccc1C. The molecule has 2 fully saturated rings. The normalized spacial score (nSPS) is 18.1. The third-order valence-electron chi connectivity index (χ3n) is 7.61. The minimum atomic E-state index is -0.839. The third kappa shape index (κ3) is 7.29. The molecule has 40 heavy (non-hydrogen) atoms. The molecule has 214 valence electrons. The number of carbonyl (C=O) groups is 4. The van der Waals surface area contributed by atoms with E-state index >= 15 is 0 Å². The maximum Gasteiger partial charge on any atom is 0.323 e. The molecule has 0 aliphatic carbocycles. The Balaban J connectivity index is 1.40. The number of likely N-dealkylation sites (tertiary alicyclic amines) is 1. The maximum absolute atomic E-state index is 13.5. The van der Waals surface area contributed by atoms with Crippen LogP contribution in [0.3, 0.4) is 0 Å². The summed E-state index contributed by atoms with van der Waals surface area (Å²) < 4.78 is 5.49. The number of para-hydroxylation sites is 1. The molecule has 11 heteroatoms. The number of Topliss-reactive ketones (excluding diaryl/α,β-unsaturated/α-hetero) is 1. The summed E-state index contributed by atoms with van der Waals surface area (Å²) in [5.41, 5.74) is 2.78. The summed E-state index contributed by atoms with van der Waals surface area (Å²) in [4.78, 5) is 51.9. The number of piperidine rings is 1. The van der Waals surface area contributed by atoms with Gasteiger partial charge in [-0.1, -0.05) is 24.3 Å². The van der Waals surface area contributed by atoms with Crippen molar-refractivity contribution in [1.29, 1.82) is 0 Å². The highest BCUT2D eigenvalue weighted by molar-refractivity contribution is 6.01. The van der Waals surface area contributed by atoms with Gasteiger partial charge >= 0.3 is 18.0 Å². The molecule has 0 radical (unpaired) electrons. The average Bonchev–Trinajstić information content (AvgIpc) is 3.48. The van der Waals surface area contributed by atoms with E-state index in [9.17, 15) is 24.3 Å². The first-order valence-electron chi connectivity index (χ1n) is 13.6. The quantitative estimate of drug-likeness (QED) is 0.321. The van der Waals surface area contributed by atoms with Gasteiger partial charge in [0.1, 0.15) is 5.75 Å². The Morgan fingerprint density at radius 1 is 1.05 bits per heavy atom. The number of amides is 4. The number of benzene rings is 2. The van der Waals surface area contributed by atoms with Crippen molar-refractivity contribution < 1.29 is 29.0 Å². The van der Waals surface area contributed by atoms with Crippen LogP contribution in [0.1, 0.15) is 30.4 Å². The number of carboxylic acid groups (broad SMARTS) is 1. The van der Waals surface area contributed by atoms with Crippen LogP contribution in [0.2, 0.25) is 0 Å². The molecule has 0 saturated carbocycles. The van der Waals surface area contributed by atoms with Crippen molar-refractivity contribution in [2.75, 3.05) is 43.9 Å². The molecule has 2 saturated heterocycles. The maximum atomic E-state index is 13.5. The third-order valence-corrected chi connectivity index (χ3v) is 7.61. The molecule has 0 spiro atoms. The minimum absolute atomic E-state index is 0.0408. The van der Waals surface area contributed by atoms with Gasteiger partial charge in [0.25, 0.3) is 0 Å². The van der Waals surface area contributed by atoms with Gasteiger partial charge in [-0.2, -0.15) is 0 Å². The summed E-state index contributed by atoms with van der Waals surface area (Å²) in [6.45, 7) is 3.99. The number of anilines is 2. The number of carboxylic acids is 1. The number of nitrogens with zero attached hydrogens (tertiary/aromatic N) is 1. The van der Waals surface area contributed by atoms with Gasteiger partial charge in [-0.05, 0) is 68.0 Å². The Hall–Kier alpha value is -4.12. The van der Waals surface area contributed by atoms with E-state index in [0.29, 0.717) is 55.2 Å². The molecule has 4 rings (SSSR count). The Kier molecular flexibility index (Phi) is 9.60. The number of ether oxygens (including phenoxy) is 1. The van der Waals surface area contributed by atoms with E-state index in [2.05, 4.69) is 21.3 Å². The highest BCUT2D eigenvalue weighted by Crippen LogP contribution is 2.27. The number of rotatable bonds is 9. The second kappa shape index (κ2) is 13.3. The van der Waals surface area contributed by atoms with Crippen molar-refractivity contribution in [3.63, 3.8) is 0 Å². The van der Waals surface area contributed by atoms with Gasteiger partial charge in [-0.25, -0.2) is 9.59 Å². The molecule has 2 aromatic rings. The van der Waals surface area contributed by atoms with Crippen LogP contribution < -0.4 is 26.0 Å². The first kappa shape index (κ1) is 28.9. The van der Waals surface area contributed by atoms with Gasteiger partial charge in [0, 0.05) is 31.7 Å². The summed E-state index contributed by atoms with van der Waals surface area (Å²) >= 11 is 0. The Bertz CT molecular complexity index is 1240. The van der Waals surface area contributed by atoms with Crippen LogP contribution in [0.5, 0.6) is 5.75 Å². The number of carbonyl (C=O) groups excluding carboxylic acids is 3. The zero-order chi connectivity index (χ0) is 28.6. The smallest absolute Gasteiger partial charge is 0.323 e. The van der Waals surface area contributed by atoms with Crippen LogP contribution >= 0.6 is 0 Å². The van der Waals surface area contributed by atoms with Crippen LogP contribution in [0, 0.1) is 18.8 Å².